The molecule has 29 heavy (non-hydrogen) atoms. The maximum absolute atomic E-state index is 12.4. The van der Waals surface area contributed by atoms with Gasteiger partial charge in [0, 0.05) is 18.2 Å². The third-order valence-corrected chi connectivity index (χ3v) is 6.31. The van der Waals surface area contributed by atoms with Crippen molar-refractivity contribution in [3.8, 4) is 0 Å². The van der Waals surface area contributed by atoms with E-state index in [-0.39, 0.29) is 17.9 Å². The lowest BCUT2D eigenvalue weighted by Gasteiger charge is -2.29. The number of rotatable bonds is 8. The number of benzene rings is 1. The van der Waals surface area contributed by atoms with Gasteiger partial charge in [-0.2, -0.15) is 0 Å². The van der Waals surface area contributed by atoms with Crippen molar-refractivity contribution in [2.45, 2.75) is 63.8 Å². The van der Waals surface area contributed by atoms with Crippen LogP contribution in [0.2, 0.25) is 0 Å². The fourth-order valence-electron chi connectivity index (χ4n) is 3.63. The zero-order valence-electron chi connectivity index (χ0n) is 17.1. The van der Waals surface area contributed by atoms with E-state index in [9.17, 15) is 9.59 Å². The predicted molar refractivity (Wildman–Crippen MR) is 114 cm³/mol. The Labute approximate surface area is 176 Å². The van der Waals surface area contributed by atoms with Crippen LogP contribution in [0.15, 0.2) is 35.5 Å². The number of nitrogens with one attached hydrogen (secondary N) is 2. The van der Waals surface area contributed by atoms with Crippen molar-refractivity contribution >= 4 is 23.6 Å². The molecule has 2 aromatic rings. The zero-order chi connectivity index (χ0) is 20.6. The summed E-state index contributed by atoms with van der Waals surface area (Å²) in [7, 11) is 0. The van der Waals surface area contributed by atoms with Gasteiger partial charge in [-0.25, -0.2) is 0 Å². The summed E-state index contributed by atoms with van der Waals surface area (Å²) in [5.41, 5.74) is 0.610. The third-order valence-electron chi connectivity index (χ3n) is 5.34. The molecule has 1 aliphatic rings. The Kier molecular flexibility index (Phi) is 7.69. The standard InChI is InChI=1S/C21H29N5O2S/c1-3-26-18(13-22-20(28)16-10-5-4-6-11-16)24-25-21(26)29-14-19(27)23-17-12-8-7-9-15(17)2/h4-6,10-11,15,17H,3,7-9,12-14H2,1-2H3,(H,22,28)(H,23,27)/t15-,17+/m0/s1. The first-order valence-corrected chi connectivity index (χ1v) is 11.2. The lowest BCUT2D eigenvalue weighted by atomic mass is 9.86. The molecule has 2 amide bonds. The van der Waals surface area contributed by atoms with Crippen molar-refractivity contribution in [1.29, 1.82) is 0 Å². The first kappa shape index (κ1) is 21.4. The predicted octanol–water partition coefficient (Wildman–Crippen LogP) is 3.02. The van der Waals surface area contributed by atoms with E-state index in [1.54, 1.807) is 12.1 Å². The smallest absolute Gasteiger partial charge is 0.251 e. The van der Waals surface area contributed by atoms with Crippen LogP contribution in [-0.2, 0) is 17.9 Å². The molecule has 0 aliphatic heterocycles. The van der Waals surface area contributed by atoms with Crippen LogP contribution >= 0.6 is 11.8 Å². The van der Waals surface area contributed by atoms with E-state index in [1.807, 2.05) is 29.7 Å². The molecule has 156 valence electrons. The normalized spacial score (nSPS) is 19.0. The molecule has 7 nitrogen and oxygen atoms in total. The van der Waals surface area contributed by atoms with E-state index in [0.717, 1.165) is 6.42 Å². The molecule has 0 saturated heterocycles. The van der Waals surface area contributed by atoms with Gasteiger partial charge in [0.25, 0.3) is 5.91 Å². The molecule has 1 aliphatic carbocycles. The van der Waals surface area contributed by atoms with Crippen LogP contribution in [0.3, 0.4) is 0 Å². The van der Waals surface area contributed by atoms with Crippen LogP contribution in [0.25, 0.3) is 0 Å². The van der Waals surface area contributed by atoms with Crippen molar-refractivity contribution < 1.29 is 9.59 Å². The monoisotopic (exact) mass is 415 g/mol. The Morgan fingerprint density at radius 2 is 1.93 bits per heavy atom. The van der Waals surface area contributed by atoms with Gasteiger partial charge in [0.05, 0.1) is 12.3 Å². The summed E-state index contributed by atoms with van der Waals surface area (Å²) in [5.74, 6) is 1.43. The summed E-state index contributed by atoms with van der Waals surface area (Å²) >= 11 is 1.39. The van der Waals surface area contributed by atoms with Crippen molar-refractivity contribution in [1.82, 2.24) is 25.4 Å². The molecule has 1 aromatic heterocycles. The second-order valence-corrected chi connectivity index (χ2v) is 8.36. The second kappa shape index (κ2) is 10.4. The highest BCUT2D eigenvalue weighted by atomic mass is 32.2. The van der Waals surface area contributed by atoms with Crippen LogP contribution in [0, 0.1) is 5.92 Å². The minimum Gasteiger partial charge on any atom is -0.352 e. The SMILES string of the molecule is CCn1c(CNC(=O)c2ccccc2)nnc1SCC(=O)N[C@@H]1CCCC[C@@H]1C. The van der Waals surface area contributed by atoms with E-state index in [2.05, 4.69) is 27.8 Å². The lowest BCUT2D eigenvalue weighted by molar-refractivity contribution is -0.119. The van der Waals surface area contributed by atoms with Crippen LogP contribution in [0.5, 0.6) is 0 Å². The first-order valence-electron chi connectivity index (χ1n) is 10.3. The topological polar surface area (TPSA) is 88.9 Å². The van der Waals surface area contributed by atoms with E-state index >= 15 is 0 Å². The number of hydrogen-bond acceptors (Lipinski definition) is 5. The summed E-state index contributed by atoms with van der Waals surface area (Å²) < 4.78 is 1.94. The minimum absolute atomic E-state index is 0.0401. The van der Waals surface area contributed by atoms with Crippen molar-refractivity contribution in [2.75, 3.05) is 5.75 Å². The van der Waals surface area contributed by atoms with Crippen molar-refractivity contribution in [3.05, 3.63) is 41.7 Å². The lowest BCUT2D eigenvalue weighted by Crippen LogP contribution is -2.41. The fraction of sp³-hybridized carbons (Fsp3) is 0.524. The molecule has 1 saturated carbocycles. The molecule has 2 N–H and O–H groups in total. The number of aromatic nitrogens is 3. The summed E-state index contributed by atoms with van der Waals surface area (Å²) in [5, 5.41) is 15.2. The second-order valence-electron chi connectivity index (χ2n) is 7.42. The Morgan fingerprint density at radius 3 is 2.66 bits per heavy atom. The number of amides is 2. The van der Waals surface area contributed by atoms with E-state index in [1.165, 1.54) is 31.0 Å². The number of nitrogens with zero attached hydrogens (tertiary/aromatic N) is 3. The summed E-state index contributed by atoms with van der Waals surface area (Å²) in [6, 6.07) is 9.36. The number of carbonyl (C=O) groups excluding carboxylic acids is 2. The average Bonchev–Trinajstić information content (AvgIpc) is 3.14. The van der Waals surface area contributed by atoms with Crippen LogP contribution in [0.4, 0.5) is 0 Å². The van der Waals surface area contributed by atoms with Gasteiger partial charge in [0.2, 0.25) is 5.91 Å². The molecule has 1 fully saturated rings. The van der Waals surface area contributed by atoms with E-state index in [0.29, 0.717) is 41.3 Å². The Hall–Kier alpha value is -2.35. The van der Waals surface area contributed by atoms with Crippen molar-refractivity contribution in [3.63, 3.8) is 0 Å². The number of thioether (sulfide) groups is 1. The highest BCUT2D eigenvalue weighted by Gasteiger charge is 2.23. The molecule has 3 rings (SSSR count). The molecule has 1 aromatic carbocycles. The summed E-state index contributed by atoms with van der Waals surface area (Å²) in [6.07, 6.45) is 4.68. The highest BCUT2D eigenvalue weighted by Crippen LogP contribution is 2.24. The van der Waals surface area contributed by atoms with E-state index < -0.39 is 0 Å². The Bertz CT molecular complexity index is 824. The third kappa shape index (κ3) is 5.82. The van der Waals surface area contributed by atoms with Gasteiger partial charge in [0.1, 0.15) is 0 Å². The number of hydrogen-bond donors (Lipinski definition) is 2. The zero-order valence-corrected chi connectivity index (χ0v) is 17.9. The summed E-state index contributed by atoms with van der Waals surface area (Å²) in [4.78, 5) is 24.6. The van der Waals surface area contributed by atoms with Gasteiger partial charge in [-0.3, -0.25) is 9.59 Å². The van der Waals surface area contributed by atoms with Gasteiger partial charge in [-0.1, -0.05) is 49.7 Å². The molecule has 0 radical (unpaired) electrons. The van der Waals surface area contributed by atoms with Gasteiger partial charge >= 0.3 is 0 Å². The van der Waals surface area contributed by atoms with Crippen LogP contribution in [-0.4, -0.2) is 38.4 Å². The highest BCUT2D eigenvalue weighted by molar-refractivity contribution is 7.99. The van der Waals surface area contributed by atoms with Crippen LogP contribution in [0.1, 0.15) is 55.7 Å². The summed E-state index contributed by atoms with van der Waals surface area (Å²) in [6.45, 7) is 5.18. The molecular weight excluding hydrogens is 386 g/mol. The quantitative estimate of drug-likeness (QED) is 0.647. The molecule has 8 heteroatoms. The first-order chi connectivity index (χ1) is 14.1. The molecule has 0 spiro atoms. The fourth-order valence-corrected chi connectivity index (χ4v) is 4.47. The van der Waals surface area contributed by atoms with Gasteiger partial charge in [0.15, 0.2) is 11.0 Å². The van der Waals surface area contributed by atoms with Gasteiger partial charge < -0.3 is 15.2 Å². The van der Waals surface area contributed by atoms with Crippen LogP contribution < -0.4 is 10.6 Å². The minimum atomic E-state index is -0.147. The number of carbonyl (C=O) groups is 2. The maximum Gasteiger partial charge on any atom is 0.251 e. The maximum atomic E-state index is 12.4. The van der Waals surface area contributed by atoms with E-state index in [4.69, 9.17) is 0 Å². The van der Waals surface area contributed by atoms with Gasteiger partial charge in [-0.05, 0) is 37.8 Å². The Morgan fingerprint density at radius 1 is 1.17 bits per heavy atom. The molecule has 2 atom stereocenters. The molecule has 1 heterocycles. The van der Waals surface area contributed by atoms with Gasteiger partial charge in [-0.15, -0.1) is 10.2 Å². The van der Waals surface area contributed by atoms with Crippen molar-refractivity contribution in [2.24, 2.45) is 5.92 Å². The average molecular weight is 416 g/mol. The largest absolute Gasteiger partial charge is 0.352 e. The molecule has 0 bridgehead atoms. The Balaban J connectivity index is 1.52. The molecular formula is C21H29N5O2S. The molecule has 0 unspecified atom stereocenters.